The van der Waals surface area contributed by atoms with Gasteiger partial charge in [0.15, 0.2) is 5.78 Å². The highest BCUT2D eigenvalue weighted by molar-refractivity contribution is 6.10. The van der Waals surface area contributed by atoms with Crippen LogP contribution in [0.15, 0.2) is 83.8 Å². The fraction of sp³-hybridized carbons (Fsp3) is 0.0800. The van der Waals surface area contributed by atoms with Crippen LogP contribution in [-0.4, -0.2) is 16.3 Å². The summed E-state index contributed by atoms with van der Waals surface area (Å²) >= 11 is 0. The molecule has 1 aromatic heterocycles. The van der Waals surface area contributed by atoms with E-state index in [9.17, 15) is 18.8 Å². The van der Waals surface area contributed by atoms with E-state index >= 15 is 0 Å². The average Bonchev–Trinajstić information content (AvgIpc) is 2.77. The number of ketones is 1. The maximum Gasteiger partial charge on any atom is 0.244 e. The Balaban J connectivity index is 1.76. The van der Waals surface area contributed by atoms with E-state index in [-0.39, 0.29) is 23.4 Å². The van der Waals surface area contributed by atoms with Crippen LogP contribution in [-0.2, 0) is 11.3 Å². The lowest BCUT2D eigenvalue weighted by atomic mass is 10.0. The molecule has 0 atom stereocenters. The van der Waals surface area contributed by atoms with Crippen LogP contribution in [0.5, 0.6) is 0 Å². The minimum absolute atomic E-state index is 0.00104. The third kappa shape index (κ3) is 4.28. The highest BCUT2D eigenvalue weighted by Crippen LogP contribution is 2.17. The van der Waals surface area contributed by atoms with Gasteiger partial charge in [-0.25, -0.2) is 4.39 Å². The minimum Gasteiger partial charge on any atom is -0.337 e. The molecule has 0 bridgehead atoms. The first kappa shape index (κ1) is 20.2. The molecule has 0 aliphatic carbocycles. The van der Waals surface area contributed by atoms with Gasteiger partial charge in [0.25, 0.3) is 0 Å². The molecule has 0 fully saturated rings. The van der Waals surface area contributed by atoms with E-state index in [1.54, 1.807) is 47.0 Å². The summed E-state index contributed by atoms with van der Waals surface area (Å²) in [6.45, 7) is 1.74. The number of anilines is 1. The normalized spacial score (nSPS) is 10.8. The molecule has 4 aromatic rings. The number of halogens is 1. The molecule has 0 radical (unpaired) electrons. The Labute approximate surface area is 177 Å². The van der Waals surface area contributed by atoms with Gasteiger partial charge in [0.05, 0.1) is 11.1 Å². The third-order valence-corrected chi connectivity index (χ3v) is 4.96. The molecule has 0 saturated carbocycles. The maximum absolute atomic E-state index is 13.1. The Morgan fingerprint density at radius 2 is 1.68 bits per heavy atom. The predicted octanol–water partition coefficient (Wildman–Crippen LogP) is 4.32. The van der Waals surface area contributed by atoms with Crippen molar-refractivity contribution in [3.8, 4) is 0 Å². The zero-order chi connectivity index (χ0) is 22.0. The molecule has 1 amide bonds. The largest absolute Gasteiger partial charge is 0.337 e. The lowest BCUT2D eigenvalue weighted by Crippen LogP contribution is -2.24. The summed E-state index contributed by atoms with van der Waals surface area (Å²) in [6, 6.07) is 19.3. The molecule has 0 aliphatic heterocycles. The van der Waals surface area contributed by atoms with Gasteiger partial charge in [0.2, 0.25) is 11.3 Å². The summed E-state index contributed by atoms with van der Waals surface area (Å²) < 4.78 is 14.7. The molecule has 0 spiro atoms. The van der Waals surface area contributed by atoms with E-state index < -0.39 is 11.6 Å². The van der Waals surface area contributed by atoms with Gasteiger partial charge in [0, 0.05) is 22.8 Å². The quantitative estimate of drug-likeness (QED) is 0.495. The van der Waals surface area contributed by atoms with Gasteiger partial charge in [-0.15, -0.1) is 0 Å². The first-order valence-corrected chi connectivity index (χ1v) is 9.71. The molecule has 0 unspecified atom stereocenters. The first-order chi connectivity index (χ1) is 14.9. The SMILES string of the molecule is Cc1ccc2c(c1)c(=O)c(C(=O)c1ccccc1)cn2CC(=O)Nc1ccc(F)cc1. The van der Waals surface area contributed by atoms with Crippen molar-refractivity contribution in [2.24, 2.45) is 0 Å². The standard InChI is InChI=1S/C25H19FN2O3/c1-16-7-12-22-20(13-16)25(31)21(24(30)17-5-3-2-4-6-17)14-28(22)15-23(29)27-19-10-8-18(26)9-11-19/h2-14H,15H2,1H3,(H,27,29). The molecule has 1 N–H and O–H groups in total. The Kier molecular flexibility index (Phi) is 5.45. The minimum atomic E-state index is -0.401. The maximum atomic E-state index is 13.1. The summed E-state index contributed by atoms with van der Waals surface area (Å²) in [5.41, 5.74) is 1.90. The molecule has 0 aliphatic rings. The molecule has 3 aromatic carbocycles. The molecule has 31 heavy (non-hydrogen) atoms. The van der Waals surface area contributed by atoms with E-state index in [1.807, 2.05) is 13.0 Å². The van der Waals surface area contributed by atoms with Crippen molar-refractivity contribution in [3.05, 3.63) is 112 Å². The summed E-state index contributed by atoms with van der Waals surface area (Å²) in [5.74, 6) is -1.17. The number of nitrogens with zero attached hydrogens (tertiary/aromatic N) is 1. The van der Waals surface area contributed by atoms with E-state index in [0.717, 1.165) is 5.56 Å². The summed E-state index contributed by atoms with van der Waals surface area (Å²) in [7, 11) is 0. The number of hydrogen-bond acceptors (Lipinski definition) is 3. The number of fused-ring (bicyclic) bond motifs is 1. The Morgan fingerprint density at radius 1 is 0.968 bits per heavy atom. The number of benzene rings is 3. The Morgan fingerprint density at radius 3 is 2.39 bits per heavy atom. The van der Waals surface area contributed by atoms with E-state index in [2.05, 4.69) is 5.32 Å². The van der Waals surface area contributed by atoms with Crippen molar-refractivity contribution in [2.75, 3.05) is 5.32 Å². The number of carbonyl (C=O) groups is 2. The highest BCUT2D eigenvalue weighted by atomic mass is 19.1. The number of nitrogens with one attached hydrogen (secondary N) is 1. The van der Waals surface area contributed by atoms with Gasteiger partial charge in [0.1, 0.15) is 12.4 Å². The predicted molar refractivity (Wildman–Crippen MR) is 118 cm³/mol. The van der Waals surface area contributed by atoms with Crippen LogP contribution in [0.3, 0.4) is 0 Å². The van der Waals surface area contributed by atoms with Crippen molar-refractivity contribution < 1.29 is 14.0 Å². The number of rotatable bonds is 5. The van der Waals surface area contributed by atoms with Crippen LogP contribution in [0, 0.1) is 12.7 Å². The van der Waals surface area contributed by atoms with Gasteiger partial charge < -0.3 is 9.88 Å². The number of amides is 1. The number of pyridine rings is 1. The fourth-order valence-corrected chi connectivity index (χ4v) is 3.44. The topological polar surface area (TPSA) is 68.2 Å². The Bertz CT molecular complexity index is 1340. The zero-order valence-electron chi connectivity index (χ0n) is 16.8. The van der Waals surface area contributed by atoms with Crippen molar-refractivity contribution in [2.45, 2.75) is 13.5 Å². The number of hydrogen-bond donors (Lipinski definition) is 1. The molecule has 4 rings (SSSR count). The van der Waals surface area contributed by atoms with Gasteiger partial charge in [-0.3, -0.25) is 14.4 Å². The lowest BCUT2D eigenvalue weighted by molar-refractivity contribution is -0.116. The molecule has 1 heterocycles. The molecule has 6 heteroatoms. The molecule has 0 saturated heterocycles. The van der Waals surface area contributed by atoms with Crippen LogP contribution < -0.4 is 10.7 Å². The second-order valence-corrected chi connectivity index (χ2v) is 7.27. The van der Waals surface area contributed by atoms with Gasteiger partial charge >= 0.3 is 0 Å². The molecular weight excluding hydrogens is 395 g/mol. The number of carbonyl (C=O) groups excluding carboxylic acids is 2. The van der Waals surface area contributed by atoms with Crippen LogP contribution in [0.1, 0.15) is 21.5 Å². The number of aromatic nitrogens is 1. The smallest absolute Gasteiger partial charge is 0.244 e. The average molecular weight is 414 g/mol. The monoisotopic (exact) mass is 414 g/mol. The van der Waals surface area contributed by atoms with Gasteiger partial charge in [-0.1, -0.05) is 42.0 Å². The first-order valence-electron chi connectivity index (χ1n) is 9.71. The molecule has 154 valence electrons. The summed E-state index contributed by atoms with van der Waals surface area (Å²) in [6.07, 6.45) is 1.43. The van der Waals surface area contributed by atoms with Crippen LogP contribution in [0.25, 0.3) is 10.9 Å². The second-order valence-electron chi connectivity index (χ2n) is 7.27. The molecular formula is C25H19FN2O3. The van der Waals surface area contributed by atoms with E-state index in [0.29, 0.717) is 22.2 Å². The second kappa shape index (κ2) is 8.36. The van der Waals surface area contributed by atoms with Crippen molar-refractivity contribution >= 4 is 28.3 Å². The highest BCUT2D eigenvalue weighted by Gasteiger charge is 2.18. The van der Waals surface area contributed by atoms with E-state index in [4.69, 9.17) is 0 Å². The zero-order valence-corrected chi connectivity index (χ0v) is 16.8. The van der Waals surface area contributed by atoms with Crippen LogP contribution >= 0.6 is 0 Å². The Hall–Kier alpha value is -4.06. The summed E-state index contributed by atoms with van der Waals surface area (Å²) in [5, 5.41) is 3.07. The van der Waals surface area contributed by atoms with Gasteiger partial charge in [-0.2, -0.15) is 0 Å². The third-order valence-electron chi connectivity index (χ3n) is 4.96. The van der Waals surface area contributed by atoms with E-state index in [1.165, 1.54) is 30.5 Å². The fourth-order valence-electron chi connectivity index (χ4n) is 3.44. The molecule has 5 nitrogen and oxygen atoms in total. The van der Waals surface area contributed by atoms with Crippen molar-refractivity contribution in [1.82, 2.24) is 4.57 Å². The van der Waals surface area contributed by atoms with Crippen LogP contribution in [0.4, 0.5) is 10.1 Å². The van der Waals surface area contributed by atoms with Crippen molar-refractivity contribution in [1.29, 1.82) is 0 Å². The lowest BCUT2D eigenvalue weighted by Gasteiger charge is -2.14. The van der Waals surface area contributed by atoms with Crippen molar-refractivity contribution in [3.63, 3.8) is 0 Å². The summed E-state index contributed by atoms with van der Waals surface area (Å²) in [4.78, 5) is 38.7. The van der Waals surface area contributed by atoms with Crippen LogP contribution in [0.2, 0.25) is 0 Å². The number of aryl methyl sites for hydroxylation is 1. The van der Waals surface area contributed by atoms with Gasteiger partial charge in [-0.05, 0) is 43.3 Å².